The zero-order valence-electron chi connectivity index (χ0n) is 9.65. The second-order valence-electron chi connectivity index (χ2n) is 5.10. The van der Waals surface area contributed by atoms with Crippen molar-refractivity contribution in [2.75, 3.05) is 18.8 Å². The lowest BCUT2D eigenvalue weighted by Gasteiger charge is -2.41. The number of hydrogen-bond donors (Lipinski definition) is 0. The molecule has 0 N–H and O–H groups in total. The van der Waals surface area contributed by atoms with Crippen LogP contribution in [0.3, 0.4) is 0 Å². The first-order chi connectivity index (χ1) is 7.00. The van der Waals surface area contributed by atoms with Gasteiger partial charge in [0, 0.05) is 19.1 Å². The highest BCUT2D eigenvalue weighted by Crippen LogP contribution is 2.29. The molecule has 2 fully saturated rings. The molecule has 88 valence electrons. The van der Waals surface area contributed by atoms with E-state index in [1.807, 2.05) is 6.92 Å². The summed E-state index contributed by atoms with van der Waals surface area (Å²) >= 11 is 0. The molecular formula is C11H21NO2S. The van der Waals surface area contributed by atoms with Gasteiger partial charge < -0.3 is 0 Å². The normalized spacial score (nSPS) is 37.5. The minimum Gasteiger partial charge on any atom is -0.298 e. The first-order valence-corrected chi connectivity index (χ1v) is 7.68. The molecule has 3 nitrogen and oxygen atoms in total. The largest absolute Gasteiger partial charge is 0.298 e. The number of nitrogens with zero attached hydrogens (tertiary/aromatic N) is 1. The Morgan fingerprint density at radius 1 is 1.27 bits per heavy atom. The molecule has 1 saturated heterocycles. The quantitative estimate of drug-likeness (QED) is 0.719. The summed E-state index contributed by atoms with van der Waals surface area (Å²) < 4.78 is 23.4. The molecule has 0 aromatic carbocycles. The summed E-state index contributed by atoms with van der Waals surface area (Å²) in [5.41, 5.74) is 0. The third kappa shape index (κ3) is 2.21. The van der Waals surface area contributed by atoms with Crippen LogP contribution in [0.15, 0.2) is 0 Å². The fourth-order valence-electron chi connectivity index (χ4n) is 2.50. The van der Waals surface area contributed by atoms with Crippen molar-refractivity contribution in [3.05, 3.63) is 0 Å². The van der Waals surface area contributed by atoms with Crippen LogP contribution in [0.4, 0.5) is 0 Å². The third-order valence-electron chi connectivity index (χ3n) is 4.20. The van der Waals surface area contributed by atoms with Gasteiger partial charge in [0.2, 0.25) is 0 Å². The van der Waals surface area contributed by atoms with Crippen molar-refractivity contribution in [2.45, 2.75) is 44.4 Å². The Hall–Kier alpha value is -0.0900. The topological polar surface area (TPSA) is 37.4 Å². The Labute approximate surface area is 92.8 Å². The summed E-state index contributed by atoms with van der Waals surface area (Å²) in [6.45, 7) is 5.76. The summed E-state index contributed by atoms with van der Waals surface area (Å²) in [6, 6.07) is 0.198. The molecular weight excluding hydrogens is 210 g/mol. The minimum atomic E-state index is -2.81. The van der Waals surface area contributed by atoms with Crippen LogP contribution >= 0.6 is 0 Å². The first-order valence-electron chi connectivity index (χ1n) is 5.96. The van der Waals surface area contributed by atoms with E-state index in [2.05, 4.69) is 11.8 Å². The molecule has 1 saturated carbocycles. The molecule has 1 aliphatic carbocycles. The van der Waals surface area contributed by atoms with Gasteiger partial charge in [0.1, 0.15) is 0 Å². The van der Waals surface area contributed by atoms with E-state index in [-0.39, 0.29) is 11.3 Å². The third-order valence-corrected chi connectivity index (χ3v) is 6.48. The molecule has 2 rings (SSSR count). The van der Waals surface area contributed by atoms with Crippen molar-refractivity contribution in [3.8, 4) is 0 Å². The molecule has 1 aliphatic heterocycles. The molecule has 1 heterocycles. The Morgan fingerprint density at radius 3 is 2.47 bits per heavy atom. The number of sulfone groups is 1. The van der Waals surface area contributed by atoms with E-state index in [0.29, 0.717) is 5.75 Å². The average Bonchev–Trinajstić information content (AvgIpc) is 2.11. The standard InChI is InChI=1S/C11H21NO2S/c1-9-10(2)15(13,14)7-6-12(9)8-11-4-3-5-11/h9-11H,3-8H2,1-2H3. The predicted molar refractivity (Wildman–Crippen MR) is 61.6 cm³/mol. The molecule has 0 spiro atoms. The van der Waals surface area contributed by atoms with Crippen molar-refractivity contribution in [1.29, 1.82) is 0 Å². The summed E-state index contributed by atoms with van der Waals surface area (Å²) in [6.07, 6.45) is 4.04. The highest BCUT2D eigenvalue weighted by Gasteiger charge is 2.36. The minimum absolute atomic E-state index is 0.189. The predicted octanol–water partition coefficient (Wildman–Crippen LogP) is 1.29. The van der Waals surface area contributed by atoms with E-state index in [1.54, 1.807) is 0 Å². The van der Waals surface area contributed by atoms with Crippen LogP contribution < -0.4 is 0 Å². The smallest absolute Gasteiger partial charge is 0.155 e. The Balaban J connectivity index is 1.97. The molecule has 4 heteroatoms. The maximum Gasteiger partial charge on any atom is 0.155 e. The summed E-state index contributed by atoms with van der Waals surface area (Å²) in [5, 5.41) is -0.189. The molecule has 15 heavy (non-hydrogen) atoms. The Bertz CT molecular complexity index is 321. The number of hydrogen-bond acceptors (Lipinski definition) is 3. The van der Waals surface area contributed by atoms with Gasteiger partial charge in [-0.05, 0) is 32.6 Å². The molecule has 2 aliphatic rings. The van der Waals surface area contributed by atoms with Gasteiger partial charge in [-0.25, -0.2) is 8.42 Å². The van der Waals surface area contributed by atoms with Gasteiger partial charge in [-0.2, -0.15) is 0 Å². The maximum atomic E-state index is 11.7. The van der Waals surface area contributed by atoms with E-state index in [1.165, 1.54) is 19.3 Å². The van der Waals surface area contributed by atoms with E-state index in [0.717, 1.165) is 19.0 Å². The average molecular weight is 231 g/mol. The van der Waals surface area contributed by atoms with Crippen LogP contribution in [-0.2, 0) is 9.84 Å². The van der Waals surface area contributed by atoms with Crippen LogP contribution in [0.25, 0.3) is 0 Å². The fraction of sp³-hybridized carbons (Fsp3) is 1.00. The van der Waals surface area contributed by atoms with E-state index in [4.69, 9.17) is 0 Å². The van der Waals surface area contributed by atoms with Gasteiger partial charge in [0.15, 0.2) is 9.84 Å². The Kier molecular flexibility index (Phi) is 3.08. The van der Waals surface area contributed by atoms with Crippen LogP contribution in [0.2, 0.25) is 0 Å². The first kappa shape index (κ1) is 11.4. The van der Waals surface area contributed by atoms with Crippen molar-refractivity contribution in [1.82, 2.24) is 4.90 Å². The lowest BCUT2D eigenvalue weighted by atomic mass is 9.85. The lowest BCUT2D eigenvalue weighted by molar-refractivity contribution is 0.139. The zero-order chi connectivity index (χ0) is 11.1. The second-order valence-corrected chi connectivity index (χ2v) is 7.58. The molecule has 0 aromatic heterocycles. The van der Waals surface area contributed by atoms with Gasteiger partial charge in [0.05, 0.1) is 11.0 Å². The van der Waals surface area contributed by atoms with Gasteiger partial charge in [-0.15, -0.1) is 0 Å². The van der Waals surface area contributed by atoms with Gasteiger partial charge in [-0.3, -0.25) is 4.90 Å². The van der Waals surface area contributed by atoms with E-state index < -0.39 is 9.84 Å². The maximum absolute atomic E-state index is 11.7. The summed E-state index contributed by atoms with van der Waals surface area (Å²) in [7, 11) is -2.81. The lowest BCUT2D eigenvalue weighted by Crippen LogP contribution is -2.53. The van der Waals surface area contributed by atoms with Crippen molar-refractivity contribution in [2.24, 2.45) is 5.92 Å². The van der Waals surface area contributed by atoms with Crippen molar-refractivity contribution < 1.29 is 8.42 Å². The van der Waals surface area contributed by atoms with Crippen LogP contribution in [0.1, 0.15) is 33.1 Å². The van der Waals surface area contributed by atoms with E-state index >= 15 is 0 Å². The van der Waals surface area contributed by atoms with Crippen molar-refractivity contribution >= 4 is 9.84 Å². The fourth-order valence-corrected chi connectivity index (χ4v) is 4.13. The zero-order valence-corrected chi connectivity index (χ0v) is 10.5. The van der Waals surface area contributed by atoms with Crippen LogP contribution in [0, 0.1) is 5.92 Å². The van der Waals surface area contributed by atoms with E-state index in [9.17, 15) is 8.42 Å². The summed E-state index contributed by atoms with van der Waals surface area (Å²) in [5.74, 6) is 1.19. The summed E-state index contributed by atoms with van der Waals surface area (Å²) in [4.78, 5) is 2.37. The highest BCUT2D eigenvalue weighted by molar-refractivity contribution is 7.92. The monoisotopic (exact) mass is 231 g/mol. The van der Waals surface area contributed by atoms with Gasteiger partial charge in [-0.1, -0.05) is 6.42 Å². The van der Waals surface area contributed by atoms with Crippen LogP contribution in [0.5, 0.6) is 0 Å². The Morgan fingerprint density at radius 2 is 1.93 bits per heavy atom. The second kappa shape index (κ2) is 4.06. The molecule has 0 amide bonds. The number of rotatable bonds is 2. The molecule has 2 unspecified atom stereocenters. The highest BCUT2D eigenvalue weighted by atomic mass is 32.2. The molecule has 0 bridgehead atoms. The van der Waals surface area contributed by atoms with Crippen molar-refractivity contribution in [3.63, 3.8) is 0 Å². The molecule has 2 atom stereocenters. The molecule has 0 radical (unpaired) electrons. The molecule has 0 aromatic rings. The van der Waals surface area contributed by atoms with Gasteiger partial charge >= 0.3 is 0 Å². The van der Waals surface area contributed by atoms with Crippen LogP contribution in [-0.4, -0.2) is 43.5 Å². The SMILES string of the molecule is CC1C(C)S(=O)(=O)CCN1CC1CCC1. The van der Waals surface area contributed by atoms with Gasteiger partial charge in [0.25, 0.3) is 0 Å².